The fraction of sp³-hybridized carbons (Fsp3) is 0.391. The zero-order valence-electron chi connectivity index (χ0n) is 18.0. The van der Waals surface area contributed by atoms with Crippen molar-refractivity contribution < 1.29 is 23.5 Å². The summed E-state index contributed by atoms with van der Waals surface area (Å²) < 4.78 is 16.3. The number of carbonyl (C=O) groups excluding carboxylic acids is 2. The van der Waals surface area contributed by atoms with Gasteiger partial charge in [-0.05, 0) is 37.1 Å². The number of pyridine rings is 1. The van der Waals surface area contributed by atoms with Gasteiger partial charge >= 0.3 is 0 Å². The number of Topliss-reactive ketones (excluding diaryl/α,β-unsaturated/α-hetero) is 1. The first-order chi connectivity index (χ1) is 16.2. The minimum Gasteiger partial charge on any atom is -0.463 e. The molecule has 1 amide bonds. The Kier molecular flexibility index (Phi) is 6.47. The van der Waals surface area contributed by atoms with E-state index in [1.54, 1.807) is 24.4 Å². The predicted molar refractivity (Wildman–Crippen MR) is 123 cm³/mol. The van der Waals surface area contributed by atoms with E-state index in [2.05, 4.69) is 20.2 Å². The highest BCUT2D eigenvalue weighted by Crippen LogP contribution is 2.35. The van der Waals surface area contributed by atoms with E-state index in [1.807, 2.05) is 6.07 Å². The zero-order valence-corrected chi connectivity index (χ0v) is 18.8. The molecule has 2 saturated heterocycles. The van der Waals surface area contributed by atoms with E-state index >= 15 is 0 Å². The number of nitrogens with zero attached hydrogens (tertiary/aromatic N) is 3. The van der Waals surface area contributed by atoms with Crippen molar-refractivity contribution in [1.29, 1.82) is 0 Å². The van der Waals surface area contributed by atoms with Crippen LogP contribution in [0.1, 0.15) is 32.9 Å². The van der Waals surface area contributed by atoms with Crippen LogP contribution in [0.4, 0.5) is 10.9 Å². The van der Waals surface area contributed by atoms with Gasteiger partial charge in [-0.15, -0.1) is 0 Å². The summed E-state index contributed by atoms with van der Waals surface area (Å²) in [4.78, 5) is 37.6. The number of thiazole rings is 1. The third-order valence-electron chi connectivity index (χ3n) is 5.76. The number of hydrogen-bond donors (Lipinski definition) is 1. The molecule has 0 aliphatic carbocycles. The fourth-order valence-electron chi connectivity index (χ4n) is 3.94. The Morgan fingerprint density at radius 3 is 2.55 bits per heavy atom. The Morgan fingerprint density at radius 2 is 1.85 bits per heavy atom. The molecule has 5 rings (SSSR count). The lowest BCUT2D eigenvalue weighted by molar-refractivity contribution is 0.0547. The monoisotopic (exact) mass is 468 g/mol. The van der Waals surface area contributed by atoms with E-state index in [9.17, 15) is 9.59 Å². The van der Waals surface area contributed by atoms with E-state index in [0.717, 1.165) is 18.9 Å². The van der Waals surface area contributed by atoms with Crippen LogP contribution in [0.15, 0.2) is 41.1 Å². The molecule has 0 spiro atoms. The van der Waals surface area contributed by atoms with Gasteiger partial charge in [0.2, 0.25) is 0 Å². The number of amides is 1. The number of rotatable bonds is 6. The third-order valence-corrected chi connectivity index (χ3v) is 6.75. The SMILES string of the molecule is O=C(Nc1nc(-c2ccco2)c(C(=O)C2CCOCC2)s1)c1ccc(N2CCOCC2)nc1. The van der Waals surface area contributed by atoms with E-state index in [4.69, 9.17) is 13.9 Å². The minimum absolute atomic E-state index is 0.0132. The molecule has 1 N–H and O–H groups in total. The lowest BCUT2D eigenvalue weighted by Gasteiger charge is -2.27. The summed E-state index contributed by atoms with van der Waals surface area (Å²) in [5.41, 5.74) is 0.872. The van der Waals surface area contributed by atoms with Gasteiger partial charge in [-0.2, -0.15) is 0 Å². The number of anilines is 2. The molecule has 0 unspecified atom stereocenters. The average molecular weight is 469 g/mol. The quantitative estimate of drug-likeness (QED) is 0.548. The molecular weight excluding hydrogens is 444 g/mol. The molecule has 0 aromatic carbocycles. The van der Waals surface area contributed by atoms with Crippen LogP contribution in [0.2, 0.25) is 0 Å². The molecular formula is C23H24N4O5S. The maximum absolute atomic E-state index is 13.2. The summed E-state index contributed by atoms with van der Waals surface area (Å²) in [5, 5.41) is 3.16. The highest BCUT2D eigenvalue weighted by Gasteiger charge is 2.29. The van der Waals surface area contributed by atoms with Crippen molar-refractivity contribution >= 4 is 34.0 Å². The molecule has 2 aliphatic heterocycles. The number of aromatic nitrogens is 2. The largest absolute Gasteiger partial charge is 0.463 e. The molecule has 3 aromatic heterocycles. The number of furan rings is 1. The normalized spacial score (nSPS) is 17.2. The van der Waals surface area contributed by atoms with E-state index in [0.29, 0.717) is 66.3 Å². The second-order valence-electron chi connectivity index (χ2n) is 7.88. The van der Waals surface area contributed by atoms with E-state index in [1.165, 1.54) is 17.6 Å². The van der Waals surface area contributed by atoms with Crippen molar-refractivity contribution in [2.45, 2.75) is 12.8 Å². The maximum atomic E-state index is 13.2. The third kappa shape index (κ3) is 4.82. The molecule has 0 saturated carbocycles. The molecule has 3 aromatic rings. The van der Waals surface area contributed by atoms with Crippen molar-refractivity contribution in [3.05, 3.63) is 47.2 Å². The van der Waals surface area contributed by atoms with Gasteiger partial charge in [-0.1, -0.05) is 11.3 Å². The van der Waals surface area contributed by atoms with Gasteiger partial charge in [0.25, 0.3) is 5.91 Å². The lowest BCUT2D eigenvalue weighted by Crippen LogP contribution is -2.36. The molecule has 5 heterocycles. The van der Waals surface area contributed by atoms with Crippen molar-refractivity contribution in [1.82, 2.24) is 9.97 Å². The first-order valence-electron chi connectivity index (χ1n) is 11.0. The van der Waals surface area contributed by atoms with Gasteiger partial charge in [-0.3, -0.25) is 14.9 Å². The van der Waals surface area contributed by atoms with Gasteiger partial charge in [0.1, 0.15) is 16.4 Å². The number of nitrogens with one attached hydrogen (secondary N) is 1. The van der Waals surface area contributed by atoms with Crippen molar-refractivity contribution in [3.63, 3.8) is 0 Å². The van der Waals surface area contributed by atoms with Crippen LogP contribution < -0.4 is 10.2 Å². The molecule has 2 fully saturated rings. The Hall–Kier alpha value is -3.08. The molecule has 172 valence electrons. The highest BCUT2D eigenvalue weighted by molar-refractivity contribution is 7.18. The topological polar surface area (TPSA) is 107 Å². The Morgan fingerprint density at radius 1 is 1.06 bits per heavy atom. The number of ketones is 1. The standard InChI is InChI=1S/C23H24N4O5S/c28-20(15-5-10-30-11-6-15)21-19(17-2-1-9-32-17)25-23(33-21)26-22(29)16-3-4-18(24-14-16)27-7-12-31-13-8-27/h1-4,9,14-15H,5-8,10-13H2,(H,25,26,29). The average Bonchev–Trinajstić information content (AvgIpc) is 3.55. The van der Waals surface area contributed by atoms with Crippen molar-refractivity contribution in [2.75, 3.05) is 49.7 Å². The van der Waals surface area contributed by atoms with Crippen LogP contribution in [0.3, 0.4) is 0 Å². The number of carbonyl (C=O) groups is 2. The van der Waals surface area contributed by atoms with Gasteiger partial charge in [0.05, 0.1) is 25.0 Å². The van der Waals surface area contributed by atoms with Gasteiger partial charge in [-0.25, -0.2) is 9.97 Å². The van der Waals surface area contributed by atoms with Gasteiger partial charge in [0, 0.05) is 38.4 Å². The molecule has 9 nitrogen and oxygen atoms in total. The summed E-state index contributed by atoms with van der Waals surface area (Å²) in [6.45, 7) is 4.03. The van der Waals surface area contributed by atoms with Crippen LogP contribution in [-0.2, 0) is 9.47 Å². The first kappa shape index (κ1) is 21.7. The van der Waals surface area contributed by atoms with Crippen LogP contribution >= 0.6 is 11.3 Å². The van der Waals surface area contributed by atoms with Crippen LogP contribution in [0.5, 0.6) is 0 Å². The van der Waals surface area contributed by atoms with E-state index < -0.39 is 0 Å². The summed E-state index contributed by atoms with van der Waals surface area (Å²) in [6, 6.07) is 7.08. The van der Waals surface area contributed by atoms with Crippen LogP contribution in [-0.4, -0.2) is 61.2 Å². The number of morpholine rings is 1. The lowest BCUT2D eigenvalue weighted by atomic mass is 9.94. The van der Waals surface area contributed by atoms with Crippen LogP contribution in [0, 0.1) is 5.92 Å². The molecule has 0 atom stereocenters. The highest BCUT2D eigenvalue weighted by atomic mass is 32.1. The molecule has 0 radical (unpaired) electrons. The summed E-state index contributed by atoms with van der Waals surface area (Å²) in [6.07, 6.45) is 4.45. The summed E-state index contributed by atoms with van der Waals surface area (Å²) in [7, 11) is 0. The second kappa shape index (κ2) is 9.82. The van der Waals surface area contributed by atoms with Gasteiger partial charge < -0.3 is 18.8 Å². The molecule has 2 aliphatic rings. The van der Waals surface area contributed by atoms with Gasteiger partial charge in [0.15, 0.2) is 16.7 Å². The van der Waals surface area contributed by atoms with Crippen LogP contribution in [0.25, 0.3) is 11.5 Å². The van der Waals surface area contributed by atoms with Crippen molar-refractivity contribution in [2.24, 2.45) is 5.92 Å². The molecule has 10 heteroatoms. The second-order valence-corrected chi connectivity index (χ2v) is 8.88. The molecule has 0 bridgehead atoms. The number of ether oxygens (including phenoxy) is 2. The van der Waals surface area contributed by atoms with E-state index in [-0.39, 0.29) is 17.6 Å². The van der Waals surface area contributed by atoms with Crippen molar-refractivity contribution in [3.8, 4) is 11.5 Å². The zero-order chi connectivity index (χ0) is 22.6. The first-order valence-corrected chi connectivity index (χ1v) is 11.8. The molecule has 33 heavy (non-hydrogen) atoms. The summed E-state index contributed by atoms with van der Waals surface area (Å²) >= 11 is 1.17. The Bertz CT molecular complexity index is 1100. The minimum atomic E-state index is -0.333. The predicted octanol–water partition coefficient (Wildman–Crippen LogP) is 3.50. The Labute approximate surface area is 194 Å². The maximum Gasteiger partial charge on any atom is 0.259 e. The fourth-order valence-corrected chi connectivity index (χ4v) is 4.92. The number of hydrogen-bond acceptors (Lipinski definition) is 9. The summed E-state index contributed by atoms with van der Waals surface area (Å²) in [5.74, 6) is 0.876. The Balaban J connectivity index is 1.34. The smallest absolute Gasteiger partial charge is 0.259 e.